The first-order valence-corrected chi connectivity index (χ1v) is 4.75. The highest BCUT2D eigenvalue weighted by molar-refractivity contribution is 5.48. The summed E-state index contributed by atoms with van der Waals surface area (Å²) in [6.07, 6.45) is 0.573. The van der Waals surface area contributed by atoms with Crippen LogP contribution in [0.25, 0.3) is 0 Å². The Morgan fingerprint density at radius 3 is 2.73 bits per heavy atom. The van der Waals surface area contributed by atoms with Crippen LogP contribution in [0.1, 0.15) is 18.9 Å². The first kappa shape index (κ1) is 11.5. The lowest BCUT2D eigenvalue weighted by Gasteiger charge is -2.08. The van der Waals surface area contributed by atoms with Crippen LogP contribution in [0.3, 0.4) is 0 Å². The molecule has 0 aliphatic heterocycles. The van der Waals surface area contributed by atoms with Gasteiger partial charge in [-0.15, -0.1) is 11.8 Å². The van der Waals surface area contributed by atoms with Gasteiger partial charge in [-0.25, -0.2) is 8.78 Å². The maximum Gasteiger partial charge on any atom is 0.152 e. The first-order valence-electron chi connectivity index (χ1n) is 4.75. The summed E-state index contributed by atoms with van der Waals surface area (Å²) in [5.41, 5.74) is 0.369. The van der Waals surface area contributed by atoms with Gasteiger partial charge in [0.15, 0.2) is 5.82 Å². The van der Waals surface area contributed by atoms with Crippen molar-refractivity contribution >= 4 is 5.69 Å². The van der Waals surface area contributed by atoms with Gasteiger partial charge in [-0.1, -0.05) is 6.07 Å². The van der Waals surface area contributed by atoms with Crippen molar-refractivity contribution in [1.29, 1.82) is 0 Å². The van der Waals surface area contributed by atoms with Crippen LogP contribution < -0.4 is 5.32 Å². The molecular formula is C12H13F2N. The fourth-order valence-corrected chi connectivity index (χ4v) is 1.19. The van der Waals surface area contributed by atoms with E-state index in [2.05, 4.69) is 17.2 Å². The second-order valence-electron chi connectivity index (χ2n) is 3.16. The van der Waals surface area contributed by atoms with Crippen LogP contribution in [0.2, 0.25) is 0 Å². The molecule has 0 atom stereocenters. The number of rotatable bonds is 3. The molecule has 0 saturated carbocycles. The van der Waals surface area contributed by atoms with Crippen molar-refractivity contribution in [3.63, 3.8) is 0 Å². The molecule has 0 aliphatic carbocycles. The van der Waals surface area contributed by atoms with E-state index in [0.717, 1.165) is 0 Å². The average Bonchev–Trinajstić information content (AvgIpc) is 2.23. The van der Waals surface area contributed by atoms with Crippen molar-refractivity contribution in [1.82, 2.24) is 0 Å². The van der Waals surface area contributed by atoms with Gasteiger partial charge in [0, 0.05) is 13.0 Å². The Hall–Kier alpha value is -1.56. The maximum atomic E-state index is 13.4. The molecule has 0 fully saturated rings. The van der Waals surface area contributed by atoms with Crippen molar-refractivity contribution in [2.24, 2.45) is 0 Å². The van der Waals surface area contributed by atoms with E-state index in [-0.39, 0.29) is 5.69 Å². The summed E-state index contributed by atoms with van der Waals surface area (Å²) < 4.78 is 26.6. The van der Waals surface area contributed by atoms with E-state index < -0.39 is 11.6 Å². The molecule has 0 radical (unpaired) electrons. The molecule has 0 spiro atoms. The number of hydrogen-bond acceptors (Lipinski definition) is 1. The summed E-state index contributed by atoms with van der Waals surface area (Å²) >= 11 is 0. The molecule has 1 aromatic rings. The molecule has 0 unspecified atom stereocenters. The van der Waals surface area contributed by atoms with Crippen molar-refractivity contribution in [3.05, 3.63) is 29.3 Å². The second kappa shape index (κ2) is 5.35. The van der Waals surface area contributed by atoms with Gasteiger partial charge >= 0.3 is 0 Å². The van der Waals surface area contributed by atoms with Crippen molar-refractivity contribution in [2.45, 2.75) is 20.3 Å². The molecular weight excluding hydrogens is 196 g/mol. The van der Waals surface area contributed by atoms with Gasteiger partial charge in [0.2, 0.25) is 0 Å². The number of halogens is 2. The number of nitrogens with one attached hydrogen (secondary N) is 1. The van der Waals surface area contributed by atoms with E-state index in [1.165, 1.54) is 12.1 Å². The van der Waals surface area contributed by atoms with Crippen LogP contribution in [0, 0.1) is 30.4 Å². The fourth-order valence-electron chi connectivity index (χ4n) is 1.19. The van der Waals surface area contributed by atoms with Gasteiger partial charge in [0.25, 0.3) is 0 Å². The summed E-state index contributed by atoms with van der Waals surface area (Å²) in [4.78, 5) is 0. The third-order valence-electron chi connectivity index (χ3n) is 2.01. The lowest BCUT2D eigenvalue weighted by atomic mass is 10.2. The third kappa shape index (κ3) is 2.95. The van der Waals surface area contributed by atoms with Gasteiger partial charge in [0.05, 0.1) is 0 Å². The van der Waals surface area contributed by atoms with Crippen LogP contribution >= 0.6 is 0 Å². The minimum absolute atomic E-state index is 0.0621. The van der Waals surface area contributed by atoms with E-state index in [4.69, 9.17) is 0 Å². The van der Waals surface area contributed by atoms with E-state index in [9.17, 15) is 8.78 Å². The smallest absolute Gasteiger partial charge is 0.152 e. The van der Waals surface area contributed by atoms with Crippen LogP contribution in [0.5, 0.6) is 0 Å². The molecule has 3 heteroatoms. The second-order valence-corrected chi connectivity index (χ2v) is 3.16. The summed E-state index contributed by atoms with van der Waals surface area (Å²) in [5.74, 6) is 4.44. The summed E-state index contributed by atoms with van der Waals surface area (Å²) in [6, 6.07) is 2.67. The molecule has 1 aromatic carbocycles. The Balaban J connectivity index is 2.74. The minimum atomic E-state index is -0.567. The zero-order valence-corrected chi connectivity index (χ0v) is 8.82. The van der Waals surface area contributed by atoms with Crippen LogP contribution in [-0.2, 0) is 0 Å². The molecule has 0 saturated heterocycles. The Kier molecular flexibility index (Phi) is 4.11. The van der Waals surface area contributed by atoms with Crippen LogP contribution in [0.4, 0.5) is 14.5 Å². The number of hydrogen-bond donors (Lipinski definition) is 1. The number of anilines is 1. The predicted octanol–water partition coefficient (Wildman–Crippen LogP) is 3.10. The maximum absolute atomic E-state index is 13.4. The monoisotopic (exact) mass is 209 g/mol. The standard InChI is InChI=1S/C12H13F2N/c1-3-4-5-8-15-12-10(13)7-6-9(2)11(12)14/h6-7,15H,5,8H2,1-2H3. The molecule has 1 nitrogen and oxygen atoms in total. The highest BCUT2D eigenvalue weighted by atomic mass is 19.1. The highest BCUT2D eigenvalue weighted by Gasteiger charge is 2.09. The number of benzene rings is 1. The lowest BCUT2D eigenvalue weighted by Crippen LogP contribution is -2.05. The molecule has 0 heterocycles. The average molecular weight is 209 g/mol. The molecule has 0 bridgehead atoms. The van der Waals surface area contributed by atoms with E-state index >= 15 is 0 Å². The van der Waals surface area contributed by atoms with Crippen molar-refractivity contribution in [3.8, 4) is 11.8 Å². The van der Waals surface area contributed by atoms with Crippen LogP contribution in [-0.4, -0.2) is 6.54 Å². The quantitative estimate of drug-likeness (QED) is 0.595. The van der Waals surface area contributed by atoms with E-state index in [1.807, 2.05) is 0 Å². The predicted molar refractivity (Wildman–Crippen MR) is 57.7 cm³/mol. The highest BCUT2D eigenvalue weighted by Crippen LogP contribution is 2.21. The minimum Gasteiger partial charge on any atom is -0.379 e. The summed E-state index contributed by atoms with van der Waals surface area (Å²) in [7, 11) is 0. The van der Waals surface area contributed by atoms with E-state index in [0.29, 0.717) is 18.5 Å². The Morgan fingerprint density at radius 2 is 2.07 bits per heavy atom. The van der Waals surface area contributed by atoms with Gasteiger partial charge in [-0.05, 0) is 25.5 Å². The third-order valence-corrected chi connectivity index (χ3v) is 2.01. The van der Waals surface area contributed by atoms with Gasteiger partial charge in [-0.2, -0.15) is 0 Å². The molecule has 15 heavy (non-hydrogen) atoms. The van der Waals surface area contributed by atoms with Crippen molar-refractivity contribution < 1.29 is 8.78 Å². The number of aryl methyl sites for hydroxylation is 1. The normalized spacial score (nSPS) is 9.33. The Bertz CT molecular complexity index is 402. The van der Waals surface area contributed by atoms with Gasteiger partial charge < -0.3 is 5.32 Å². The zero-order valence-electron chi connectivity index (χ0n) is 8.82. The first-order chi connectivity index (χ1) is 7.16. The largest absolute Gasteiger partial charge is 0.379 e. The molecule has 0 aromatic heterocycles. The molecule has 80 valence electrons. The van der Waals surface area contributed by atoms with Crippen molar-refractivity contribution in [2.75, 3.05) is 11.9 Å². The SMILES string of the molecule is CC#CCCNc1c(F)ccc(C)c1F. The van der Waals surface area contributed by atoms with E-state index in [1.54, 1.807) is 13.8 Å². The Labute approximate surface area is 88.5 Å². The summed E-state index contributed by atoms with van der Waals surface area (Å²) in [6.45, 7) is 3.78. The molecule has 0 aliphatic rings. The summed E-state index contributed by atoms with van der Waals surface area (Å²) in [5, 5.41) is 2.70. The van der Waals surface area contributed by atoms with Gasteiger partial charge in [0.1, 0.15) is 11.5 Å². The van der Waals surface area contributed by atoms with Crippen LogP contribution in [0.15, 0.2) is 12.1 Å². The zero-order chi connectivity index (χ0) is 11.3. The topological polar surface area (TPSA) is 12.0 Å². The molecule has 0 amide bonds. The van der Waals surface area contributed by atoms with Gasteiger partial charge in [-0.3, -0.25) is 0 Å². The fraction of sp³-hybridized carbons (Fsp3) is 0.333. The Morgan fingerprint density at radius 1 is 1.33 bits per heavy atom. The molecule has 1 N–H and O–H groups in total. The lowest BCUT2D eigenvalue weighted by molar-refractivity contribution is 0.582. The molecule has 1 rings (SSSR count).